The molecule has 4 saturated carbocycles. The molecule has 4 fully saturated rings. The Morgan fingerprint density at radius 1 is 0.429 bits per heavy atom. The topological polar surface area (TPSA) is 24.5 Å². The van der Waals surface area contributed by atoms with E-state index in [1.54, 1.807) is 0 Å². The van der Waals surface area contributed by atoms with Gasteiger partial charge in [-0.2, -0.15) is 0 Å². The van der Waals surface area contributed by atoms with Crippen LogP contribution in [0.1, 0.15) is 154 Å². The van der Waals surface area contributed by atoms with Gasteiger partial charge in [0, 0.05) is 95.8 Å². The summed E-state index contributed by atoms with van der Waals surface area (Å²) in [6.45, 7) is 2.29. The minimum Gasteiger partial charge on any atom is -1.00 e. The molecule has 0 saturated heterocycles. The number of rotatable bonds is 12. The monoisotopic (exact) mass is 956 g/mol. The quantitative estimate of drug-likeness (QED) is 0.0603. The van der Waals surface area contributed by atoms with Crippen LogP contribution in [0.4, 0.5) is 0 Å². The molecule has 4 aliphatic carbocycles. The first-order valence-electron chi connectivity index (χ1n) is 22.1. The number of hydrogen-bond acceptors (Lipinski definition) is 1. The molecule has 0 amide bonds. The molecule has 4 nitrogen and oxygen atoms in total. The number of nitrogens with zero attached hydrogens (tertiary/aromatic N) is 4. The number of aryl methyl sites for hydroxylation is 3. The van der Waals surface area contributed by atoms with Crippen LogP contribution in [-0.2, 0) is 54.3 Å². The van der Waals surface area contributed by atoms with Crippen molar-refractivity contribution in [3.63, 3.8) is 0 Å². The molecular weight excluding hydrogens is 883 g/mol. The predicted octanol–water partition coefficient (Wildman–Crippen LogP) is 9.12. The number of unbranched alkanes of at least 4 members (excludes halogenated alkanes) is 2. The first kappa shape index (κ1) is 50.5. The van der Waals surface area contributed by atoms with Crippen LogP contribution >= 0.6 is 0 Å². The van der Waals surface area contributed by atoms with Crippen molar-refractivity contribution in [2.75, 3.05) is 0 Å². The summed E-state index contributed by atoms with van der Waals surface area (Å²) in [6, 6.07) is 17.3. The van der Waals surface area contributed by atoms with Crippen molar-refractivity contribution >= 4 is 0 Å². The van der Waals surface area contributed by atoms with E-state index in [0.717, 1.165) is 24.9 Å². The van der Waals surface area contributed by atoms with Crippen LogP contribution in [0.15, 0.2) is 98.1 Å². The zero-order chi connectivity index (χ0) is 36.6. The molecule has 4 aromatic rings. The maximum atomic E-state index is 4.07. The van der Waals surface area contributed by atoms with Crippen LogP contribution in [0.2, 0.25) is 0 Å². The molecule has 4 aliphatic rings. The summed E-state index contributed by atoms with van der Waals surface area (Å²) in [6.07, 6.45) is 51.8. The Bertz CT molecular complexity index is 1460. The third-order valence-corrected chi connectivity index (χ3v) is 12.1. The Balaban J connectivity index is 0.000000296. The van der Waals surface area contributed by atoms with Crippen LogP contribution in [0.3, 0.4) is 0 Å². The maximum absolute atomic E-state index is 4.07. The molecular formula is C49H73Fe2IN4+2. The Kier molecular flexibility index (Phi) is 28.2. The van der Waals surface area contributed by atoms with Crippen molar-refractivity contribution in [2.45, 2.75) is 167 Å². The van der Waals surface area contributed by atoms with Crippen molar-refractivity contribution in [1.29, 1.82) is 0 Å². The van der Waals surface area contributed by atoms with Gasteiger partial charge in [0.25, 0.3) is 0 Å². The van der Waals surface area contributed by atoms with Crippen LogP contribution in [0.25, 0.3) is 22.3 Å². The van der Waals surface area contributed by atoms with Gasteiger partial charge in [-0.1, -0.05) is 128 Å². The molecule has 4 aromatic heterocycles. The molecule has 0 spiro atoms. The Labute approximate surface area is 380 Å². The first-order chi connectivity index (χ1) is 26.2. The summed E-state index contributed by atoms with van der Waals surface area (Å²) in [5.74, 6) is 2.07. The molecule has 0 unspecified atom stereocenters. The number of halogens is 1. The molecule has 0 aromatic carbocycles. The summed E-state index contributed by atoms with van der Waals surface area (Å²) in [4.78, 5) is 4.07. The number of aromatic nitrogens is 4. The predicted molar refractivity (Wildman–Crippen MR) is 221 cm³/mol. The van der Waals surface area contributed by atoms with Gasteiger partial charge in [0.15, 0.2) is 37.2 Å². The summed E-state index contributed by atoms with van der Waals surface area (Å²) in [7, 11) is 2.05. The van der Waals surface area contributed by atoms with Gasteiger partial charge >= 0.3 is 0 Å². The average molecular weight is 957 g/mol. The van der Waals surface area contributed by atoms with Crippen molar-refractivity contribution in [1.82, 2.24) is 4.98 Å². The molecule has 0 aliphatic heterocycles. The van der Waals surface area contributed by atoms with Gasteiger partial charge in [0.05, 0.1) is 0 Å². The Morgan fingerprint density at radius 3 is 1.07 bits per heavy atom. The molecule has 0 atom stereocenters. The van der Waals surface area contributed by atoms with Gasteiger partial charge in [-0.3, -0.25) is 4.98 Å². The van der Waals surface area contributed by atoms with Crippen LogP contribution in [-0.4, -0.2) is 4.98 Å². The third-order valence-electron chi connectivity index (χ3n) is 12.1. The fourth-order valence-corrected chi connectivity index (χ4v) is 8.66. The molecule has 0 bridgehead atoms. The molecule has 7 heteroatoms. The SMILES string of the molecule is C1CCCC1.C1CCCC1.C[n+]1ccc(-c2cc[n+](CCCCC3CCCC3)cc2)cc1.[Fe].[Fe].[I-].c1cc(-c2cc[n+](CCCCC3CCCC3)cc2)ccn1. The van der Waals surface area contributed by atoms with Crippen LogP contribution in [0, 0.1) is 11.8 Å². The summed E-state index contributed by atoms with van der Waals surface area (Å²) in [5.41, 5.74) is 5.08. The smallest absolute Gasteiger partial charge is 0.169 e. The molecule has 0 N–H and O–H groups in total. The van der Waals surface area contributed by atoms with E-state index < -0.39 is 0 Å². The van der Waals surface area contributed by atoms with E-state index in [1.165, 1.54) is 176 Å². The Morgan fingerprint density at radius 2 is 0.732 bits per heavy atom. The van der Waals surface area contributed by atoms with Gasteiger partial charge in [-0.15, -0.1) is 0 Å². The first-order valence-corrected chi connectivity index (χ1v) is 22.1. The zero-order valence-electron chi connectivity index (χ0n) is 34.7. The van der Waals surface area contributed by atoms with E-state index in [-0.39, 0.29) is 58.1 Å². The maximum Gasteiger partial charge on any atom is 0.169 e. The second-order valence-electron chi connectivity index (χ2n) is 16.5. The molecule has 4 heterocycles. The minimum atomic E-state index is 0. The molecule has 8 rings (SSSR count). The van der Waals surface area contributed by atoms with E-state index in [4.69, 9.17) is 0 Å². The van der Waals surface area contributed by atoms with Crippen molar-refractivity contribution < 1.29 is 71.8 Å². The summed E-state index contributed by atoms with van der Waals surface area (Å²) in [5, 5.41) is 0. The summed E-state index contributed by atoms with van der Waals surface area (Å²) < 4.78 is 6.69. The average Bonchev–Trinajstić information content (AvgIpc) is 4.07. The fourth-order valence-electron chi connectivity index (χ4n) is 8.66. The van der Waals surface area contributed by atoms with Crippen LogP contribution in [0.5, 0.6) is 0 Å². The van der Waals surface area contributed by atoms with E-state index in [0.29, 0.717) is 0 Å². The minimum absolute atomic E-state index is 0. The van der Waals surface area contributed by atoms with Gasteiger partial charge < -0.3 is 24.0 Å². The second-order valence-corrected chi connectivity index (χ2v) is 16.5. The fraction of sp³-hybridized carbons (Fsp3) is 0.592. The van der Waals surface area contributed by atoms with Crippen molar-refractivity contribution in [3.8, 4) is 22.3 Å². The normalized spacial score (nSPS) is 16.1. The van der Waals surface area contributed by atoms with Gasteiger partial charge in [0.1, 0.15) is 20.1 Å². The van der Waals surface area contributed by atoms with E-state index in [9.17, 15) is 0 Å². The molecule has 56 heavy (non-hydrogen) atoms. The van der Waals surface area contributed by atoms with E-state index in [1.807, 2.05) is 19.4 Å². The number of hydrogen-bond donors (Lipinski definition) is 0. The summed E-state index contributed by atoms with van der Waals surface area (Å²) >= 11 is 0. The van der Waals surface area contributed by atoms with Gasteiger partial charge in [-0.25, -0.2) is 13.7 Å². The van der Waals surface area contributed by atoms with Gasteiger partial charge in [0.2, 0.25) is 0 Å². The standard InChI is InChI=1S/C20H28N2.C19H25N2.2C5H10.2Fe.HI/c1-21-14-9-19(10-15-21)20-11-16-22(17-12-20)13-5-4-8-18-6-2-3-7-18;1-2-6-17(5-1)7-3-4-14-21-15-10-19(11-16-21)18-8-12-20-13-9-18;2*1-2-4-5-3-1;;;/h9-12,14-18H,2-8,13H2,1H3;8-13,15-17H,1-7,14H2;2*1-5H2;;;1H/q+2;+1;;;;;/p-1. The zero-order valence-corrected chi connectivity index (χ0v) is 39.0. The van der Waals surface area contributed by atoms with Crippen LogP contribution < -0.4 is 37.7 Å². The number of pyridine rings is 4. The molecule has 310 valence electrons. The van der Waals surface area contributed by atoms with Gasteiger partial charge in [-0.05, 0) is 59.1 Å². The van der Waals surface area contributed by atoms with E-state index in [2.05, 4.69) is 104 Å². The van der Waals surface area contributed by atoms with E-state index >= 15 is 0 Å². The third kappa shape index (κ3) is 20.4. The molecule has 0 radical (unpaired) electrons. The Hall–Kier alpha value is -1.63. The second kappa shape index (κ2) is 31.3. The van der Waals surface area contributed by atoms with Crippen molar-refractivity contribution in [2.24, 2.45) is 18.9 Å². The largest absolute Gasteiger partial charge is 1.00 e. The van der Waals surface area contributed by atoms with Crippen molar-refractivity contribution in [3.05, 3.63) is 98.1 Å².